The van der Waals surface area contributed by atoms with Gasteiger partial charge in [0.2, 0.25) is 0 Å². The highest BCUT2D eigenvalue weighted by atomic mass is 19.1. The Morgan fingerprint density at radius 1 is 1.78 bits per heavy atom. The maximum Gasteiger partial charge on any atom is 0.330 e. The van der Waals surface area contributed by atoms with Crippen molar-refractivity contribution in [1.29, 1.82) is 0 Å². The standard InChI is InChI=1S/C6H9FO2/c1-5(6(8)9)3-2-4-7/h3H,2,4H2,1H3,(H,8,9). The third-order valence-electron chi connectivity index (χ3n) is 0.897. The van der Waals surface area contributed by atoms with Crippen molar-refractivity contribution in [3.8, 4) is 0 Å². The quantitative estimate of drug-likeness (QED) is 0.589. The molecule has 0 aromatic carbocycles. The van der Waals surface area contributed by atoms with Crippen LogP contribution >= 0.6 is 0 Å². The highest BCUT2D eigenvalue weighted by Crippen LogP contribution is 1.94. The highest BCUT2D eigenvalue weighted by molar-refractivity contribution is 5.85. The number of aliphatic carboxylic acids is 1. The van der Waals surface area contributed by atoms with E-state index >= 15 is 0 Å². The van der Waals surface area contributed by atoms with E-state index in [9.17, 15) is 9.18 Å². The van der Waals surface area contributed by atoms with Crippen molar-refractivity contribution in [2.75, 3.05) is 6.67 Å². The van der Waals surface area contributed by atoms with Crippen LogP contribution in [-0.2, 0) is 4.79 Å². The van der Waals surface area contributed by atoms with Crippen molar-refractivity contribution in [3.05, 3.63) is 11.6 Å². The molecule has 0 saturated carbocycles. The summed E-state index contributed by atoms with van der Waals surface area (Å²) < 4.78 is 11.4. The van der Waals surface area contributed by atoms with E-state index in [1.807, 2.05) is 0 Å². The van der Waals surface area contributed by atoms with Crippen LogP contribution in [0.1, 0.15) is 13.3 Å². The van der Waals surface area contributed by atoms with E-state index < -0.39 is 12.6 Å². The first-order chi connectivity index (χ1) is 4.18. The largest absolute Gasteiger partial charge is 0.478 e. The second-order valence-electron chi connectivity index (χ2n) is 1.67. The number of carboxylic acids is 1. The van der Waals surface area contributed by atoms with Gasteiger partial charge in [0.1, 0.15) is 0 Å². The lowest BCUT2D eigenvalue weighted by atomic mass is 10.2. The molecule has 0 aliphatic rings. The summed E-state index contributed by atoms with van der Waals surface area (Å²) in [6, 6.07) is 0. The first-order valence-electron chi connectivity index (χ1n) is 2.64. The first kappa shape index (κ1) is 8.14. The Morgan fingerprint density at radius 2 is 2.33 bits per heavy atom. The van der Waals surface area contributed by atoms with E-state index in [0.29, 0.717) is 0 Å². The fraction of sp³-hybridized carbons (Fsp3) is 0.500. The Morgan fingerprint density at radius 3 is 2.67 bits per heavy atom. The Bertz CT molecular complexity index is 129. The molecule has 2 nitrogen and oxygen atoms in total. The average molecular weight is 132 g/mol. The summed E-state index contributed by atoms with van der Waals surface area (Å²) in [6.45, 7) is 0.947. The number of alkyl halides is 1. The molecule has 0 bridgehead atoms. The van der Waals surface area contributed by atoms with E-state index in [1.54, 1.807) is 0 Å². The second-order valence-corrected chi connectivity index (χ2v) is 1.67. The van der Waals surface area contributed by atoms with E-state index in [0.717, 1.165) is 0 Å². The van der Waals surface area contributed by atoms with Crippen LogP contribution in [0.2, 0.25) is 0 Å². The van der Waals surface area contributed by atoms with Crippen molar-refractivity contribution < 1.29 is 14.3 Å². The maximum atomic E-state index is 11.4. The summed E-state index contributed by atoms with van der Waals surface area (Å²) >= 11 is 0. The van der Waals surface area contributed by atoms with Crippen molar-refractivity contribution in [2.45, 2.75) is 13.3 Å². The van der Waals surface area contributed by atoms with Crippen LogP contribution in [0.3, 0.4) is 0 Å². The summed E-state index contributed by atoms with van der Waals surface area (Å²) in [5.74, 6) is -0.983. The Labute approximate surface area is 53.0 Å². The molecule has 0 unspecified atom stereocenters. The molecule has 0 spiro atoms. The molecule has 0 radical (unpaired) electrons. The Kier molecular flexibility index (Phi) is 3.67. The minimum atomic E-state index is -0.983. The summed E-state index contributed by atoms with van der Waals surface area (Å²) in [5, 5.41) is 8.22. The Balaban J connectivity index is 3.69. The van der Waals surface area contributed by atoms with Crippen molar-refractivity contribution >= 4 is 5.97 Å². The molecule has 3 heteroatoms. The van der Waals surface area contributed by atoms with Crippen LogP contribution in [-0.4, -0.2) is 17.8 Å². The molecule has 0 heterocycles. The fourth-order valence-corrected chi connectivity index (χ4v) is 0.358. The summed E-state index contributed by atoms with van der Waals surface area (Å²) in [7, 11) is 0. The molecule has 9 heavy (non-hydrogen) atoms. The molecule has 1 N–H and O–H groups in total. The van der Waals surface area contributed by atoms with Gasteiger partial charge < -0.3 is 5.11 Å². The van der Waals surface area contributed by atoms with Crippen LogP contribution in [0, 0.1) is 0 Å². The lowest BCUT2D eigenvalue weighted by Crippen LogP contribution is -1.95. The first-order valence-corrected chi connectivity index (χ1v) is 2.64. The molecule has 0 aromatic rings. The zero-order valence-electron chi connectivity index (χ0n) is 5.22. The zero-order valence-corrected chi connectivity index (χ0v) is 5.22. The van der Waals surface area contributed by atoms with Gasteiger partial charge in [-0.2, -0.15) is 0 Å². The number of allylic oxidation sites excluding steroid dienone is 1. The lowest BCUT2D eigenvalue weighted by molar-refractivity contribution is -0.132. The van der Waals surface area contributed by atoms with E-state index in [-0.39, 0.29) is 12.0 Å². The monoisotopic (exact) mass is 132 g/mol. The summed E-state index contributed by atoms with van der Waals surface area (Å²) in [5.41, 5.74) is 0.202. The number of carboxylic acid groups (broad SMARTS) is 1. The molecular weight excluding hydrogens is 123 g/mol. The van der Waals surface area contributed by atoms with E-state index in [1.165, 1.54) is 13.0 Å². The summed E-state index contributed by atoms with van der Waals surface area (Å²) in [6.07, 6.45) is 1.56. The van der Waals surface area contributed by atoms with Crippen molar-refractivity contribution in [3.63, 3.8) is 0 Å². The molecule has 0 aliphatic carbocycles. The van der Waals surface area contributed by atoms with Crippen LogP contribution in [0.25, 0.3) is 0 Å². The zero-order chi connectivity index (χ0) is 7.28. The maximum absolute atomic E-state index is 11.4. The van der Waals surface area contributed by atoms with Gasteiger partial charge in [-0.05, 0) is 13.3 Å². The SMILES string of the molecule is CC(=CCCF)C(=O)O. The predicted molar refractivity (Wildman–Crippen MR) is 32.0 cm³/mol. The minimum absolute atomic E-state index is 0.193. The molecule has 52 valence electrons. The van der Waals surface area contributed by atoms with Crippen LogP contribution < -0.4 is 0 Å². The summed E-state index contributed by atoms with van der Waals surface area (Å²) in [4.78, 5) is 10.0. The van der Waals surface area contributed by atoms with Gasteiger partial charge in [-0.15, -0.1) is 0 Å². The third-order valence-corrected chi connectivity index (χ3v) is 0.897. The number of hydrogen-bond acceptors (Lipinski definition) is 1. The predicted octanol–water partition coefficient (Wildman–Crippen LogP) is 1.38. The molecular formula is C6H9FO2. The van der Waals surface area contributed by atoms with Gasteiger partial charge in [0.15, 0.2) is 0 Å². The lowest BCUT2D eigenvalue weighted by Gasteiger charge is -1.88. The highest BCUT2D eigenvalue weighted by Gasteiger charge is 1.96. The Hall–Kier alpha value is -0.860. The molecule has 0 amide bonds. The second kappa shape index (κ2) is 4.06. The van der Waals surface area contributed by atoms with Gasteiger partial charge in [0, 0.05) is 5.57 Å². The third kappa shape index (κ3) is 3.70. The van der Waals surface area contributed by atoms with Crippen molar-refractivity contribution in [1.82, 2.24) is 0 Å². The van der Waals surface area contributed by atoms with Crippen LogP contribution in [0.15, 0.2) is 11.6 Å². The van der Waals surface area contributed by atoms with Gasteiger partial charge in [-0.25, -0.2) is 4.79 Å². The number of hydrogen-bond donors (Lipinski definition) is 1. The molecule has 0 aromatic heterocycles. The van der Waals surface area contributed by atoms with Crippen LogP contribution in [0.4, 0.5) is 4.39 Å². The smallest absolute Gasteiger partial charge is 0.330 e. The molecule has 0 rings (SSSR count). The van der Waals surface area contributed by atoms with E-state index in [2.05, 4.69) is 0 Å². The van der Waals surface area contributed by atoms with E-state index in [4.69, 9.17) is 5.11 Å². The van der Waals surface area contributed by atoms with Crippen LogP contribution in [0.5, 0.6) is 0 Å². The normalized spacial score (nSPS) is 11.6. The van der Waals surface area contributed by atoms with Gasteiger partial charge in [-0.3, -0.25) is 4.39 Å². The van der Waals surface area contributed by atoms with Gasteiger partial charge >= 0.3 is 5.97 Å². The number of rotatable bonds is 3. The topological polar surface area (TPSA) is 37.3 Å². The molecule has 0 fully saturated rings. The minimum Gasteiger partial charge on any atom is -0.478 e. The van der Waals surface area contributed by atoms with Gasteiger partial charge in [0.05, 0.1) is 6.67 Å². The van der Waals surface area contributed by atoms with Gasteiger partial charge in [0.25, 0.3) is 0 Å². The number of halogens is 1. The number of carbonyl (C=O) groups is 1. The molecule has 0 atom stereocenters. The molecule has 0 saturated heterocycles. The average Bonchev–Trinajstić information content (AvgIpc) is 1.82. The van der Waals surface area contributed by atoms with Crippen molar-refractivity contribution in [2.24, 2.45) is 0 Å². The molecule has 0 aliphatic heterocycles. The van der Waals surface area contributed by atoms with Gasteiger partial charge in [-0.1, -0.05) is 6.08 Å². The fourth-order valence-electron chi connectivity index (χ4n) is 0.358.